The number of benzene rings is 1. The smallest absolute Gasteiger partial charge is 0.347 e. The maximum Gasteiger partial charge on any atom is 0.417 e. The number of pyridine rings is 2. The molecule has 1 aliphatic rings. The minimum Gasteiger partial charge on any atom is -0.347 e. The SMILES string of the molecule is Cl.Cn1c2c(c3ccc(-n4cccc(-c5ccc(C(F)(F)F)cn5)c4=O)cc31)CNCCC2. The van der Waals surface area contributed by atoms with E-state index in [1.54, 1.807) is 18.3 Å². The molecule has 0 spiro atoms. The fourth-order valence-electron chi connectivity index (χ4n) is 4.43. The molecule has 0 bridgehead atoms. The molecule has 1 aromatic carbocycles. The molecule has 4 heterocycles. The van der Waals surface area contributed by atoms with E-state index in [0.29, 0.717) is 5.69 Å². The molecule has 0 amide bonds. The normalized spacial score (nSPS) is 13.9. The third-order valence-electron chi connectivity index (χ3n) is 6.08. The molecule has 4 aromatic rings. The number of halogens is 4. The van der Waals surface area contributed by atoms with Gasteiger partial charge >= 0.3 is 6.18 Å². The monoisotopic (exact) mass is 474 g/mol. The molecule has 1 aliphatic heterocycles. The molecule has 3 aromatic heterocycles. The zero-order chi connectivity index (χ0) is 22.5. The lowest BCUT2D eigenvalue weighted by molar-refractivity contribution is -0.137. The van der Waals surface area contributed by atoms with Gasteiger partial charge in [-0.15, -0.1) is 12.4 Å². The Labute approximate surface area is 194 Å². The zero-order valence-corrected chi connectivity index (χ0v) is 18.6. The van der Waals surface area contributed by atoms with Crippen molar-refractivity contribution in [2.45, 2.75) is 25.6 Å². The van der Waals surface area contributed by atoms with Crippen molar-refractivity contribution in [1.82, 2.24) is 19.4 Å². The van der Waals surface area contributed by atoms with Crippen molar-refractivity contribution >= 4 is 23.3 Å². The highest BCUT2D eigenvalue weighted by atomic mass is 35.5. The highest BCUT2D eigenvalue weighted by Crippen LogP contribution is 2.30. The lowest BCUT2D eigenvalue weighted by atomic mass is 10.1. The van der Waals surface area contributed by atoms with Gasteiger partial charge in [0.15, 0.2) is 0 Å². The van der Waals surface area contributed by atoms with E-state index in [4.69, 9.17) is 0 Å². The molecule has 0 unspecified atom stereocenters. The Morgan fingerprint density at radius 3 is 2.67 bits per heavy atom. The van der Waals surface area contributed by atoms with Crippen molar-refractivity contribution < 1.29 is 13.2 Å². The Kier molecular flexibility index (Phi) is 6.07. The van der Waals surface area contributed by atoms with Crippen LogP contribution in [0, 0.1) is 0 Å². The van der Waals surface area contributed by atoms with Crippen LogP contribution in [0.5, 0.6) is 0 Å². The summed E-state index contributed by atoms with van der Waals surface area (Å²) < 4.78 is 42.2. The largest absolute Gasteiger partial charge is 0.417 e. The predicted octanol–water partition coefficient (Wildman–Crippen LogP) is 4.87. The summed E-state index contributed by atoms with van der Waals surface area (Å²) in [6.45, 7) is 1.81. The van der Waals surface area contributed by atoms with Crippen molar-refractivity contribution in [3.63, 3.8) is 0 Å². The number of aromatic nitrogens is 3. The van der Waals surface area contributed by atoms with Gasteiger partial charge in [0.05, 0.1) is 28.0 Å². The van der Waals surface area contributed by atoms with Crippen LogP contribution in [0.15, 0.2) is 59.7 Å². The van der Waals surface area contributed by atoms with Crippen LogP contribution >= 0.6 is 12.4 Å². The first kappa shape index (κ1) is 23.1. The summed E-state index contributed by atoms with van der Waals surface area (Å²) in [4.78, 5) is 17.1. The van der Waals surface area contributed by atoms with Crippen LogP contribution in [0.2, 0.25) is 0 Å². The second kappa shape index (κ2) is 8.68. The Morgan fingerprint density at radius 1 is 1.12 bits per heavy atom. The molecule has 172 valence electrons. The summed E-state index contributed by atoms with van der Waals surface area (Å²) >= 11 is 0. The summed E-state index contributed by atoms with van der Waals surface area (Å²) in [5, 5.41) is 4.62. The molecule has 0 saturated heterocycles. The molecule has 0 radical (unpaired) electrons. The first-order valence-corrected chi connectivity index (χ1v) is 10.4. The predicted molar refractivity (Wildman–Crippen MR) is 124 cm³/mol. The topological polar surface area (TPSA) is 51.9 Å². The average Bonchev–Trinajstić information content (AvgIpc) is 2.93. The van der Waals surface area contributed by atoms with Crippen LogP contribution in [0.1, 0.15) is 23.2 Å². The standard InChI is InChI=1S/C24H21F3N4O.ClH/c1-30-21-5-2-10-28-14-19(21)17-8-7-16(12-22(17)30)31-11-3-4-18(23(31)32)20-9-6-15(13-29-20)24(25,26)27;/h3-4,6-9,11-13,28H,2,5,10,14H2,1H3;1H. The number of nitrogens with zero attached hydrogens (tertiary/aromatic N) is 3. The first-order valence-electron chi connectivity index (χ1n) is 10.4. The lowest BCUT2D eigenvalue weighted by Crippen LogP contribution is -2.19. The van der Waals surface area contributed by atoms with Gasteiger partial charge in [-0.3, -0.25) is 14.3 Å². The second-order valence-corrected chi connectivity index (χ2v) is 7.99. The van der Waals surface area contributed by atoms with Crippen molar-refractivity contribution in [3.8, 4) is 16.9 Å². The Morgan fingerprint density at radius 2 is 1.94 bits per heavy atom. The number of alkyl halides is 3. The second-order valence-electron chi connectivity index (χ2n) is 7.99. The molecule has 5 nitrogen and oxygen atoms in total. The molecular formula is C24H22ClF3N4O. The Bertz CT molecular complexity index is 1370. The van der Waals surface area contributed by atoms with E-state index >= 15 is 0 Å². The van der Waals surface area contributed by atoms with Crippen LogP contribution in [-0.2, 0) is 26.2 Å². The van der Waals surface area contributed by atoms with Gasteiger partial charge in [0.1, 0.15) is 0 Å². The fourth-order valence-corrected chi connectivity index (χ4v) is 4.43. The molecule has 1 N–H and O–H groups in total. The fraction of sp³-hybridized carbons (Fsp3) is 0.250. The van der Waals surface area contributed by atoms with E-state index in [9.17, 15) is 18.0 Å². The molecular weight excluding hydrogens is 453 g/mol. The highest BCUT2D eigenvalue weighted by molar-refractivity contribution is 5.87. The van der Waals surface area contributed by atoms with Crippen molar-refractivity contribution in [2.24, 2.45) is 7.05 Å². The highest BCUT2D eigenvalue weighted by Gasteiger charge is 2.30. The average molecular weight is 475 g/mol. The first-order chi connectivity index (χ1) is 15.3. The summed E-state index contributed by atoms with van der Waals surface area (Å²) in [6, 6.07) is 11.4. The van der Waals surface area contributed by atoms with Crippen LogP contribution < -0.4 is 10.9 Å². The molecule has 0 aliphatic carbocycles. The maximum absolute atomic E-state index is 13.2. The number of nitrogens with one attached hydrogen (secondary N) is 1. The summed E-state index contributed by atoms with van der Waals surface area (Å²) in [7, 11) is 2.04. The van der Waals surface area contributed by atoms with Gasteiger partial charge in [-0.25, -0.2) is 0 Å². The van der Waals surface area contributed by atoms with Crippen LogP contribution in [-0.4, -0.2) is 20.7 Å². The van der Waals surface area contributed by atoms with Gasteiger partial charge in [-0.2, -0.15) is 13.2 Å². The summed E-state index contributed by atoms with van der Waals surface area (Å²) in [5.41, 5.74) is 3.60. The van der Waals surface area contributed by atoms with Gasteiger partial charge in [-0.05, 0) is 61.3 Å². The number of hydrogen-bond donors (Lipinski definition) is 1. The van der Waals surface area contributed by atoms with Gasteiger partial charge in [0, 0.05) is 37.1 Å². The molecule has 0 fully saturated rings. The van der Waals surface area contributed by atoms with Crippen LogP contribution in [0.25, 0.3) is 27.8 Å². The Hall–Kier alpha value is -3.10. The van der Waals surface area contributed by atoms with Crippen molar-refractivity contribution in [3.05, 3.63) is 82.0 Å². The molecule has 0 saturated carbocycles. The third-order valence-corrected chi connectivity index (χ3v) is 6.08. The lowest BCUT2D eigenvalue weighted by Gasteiger charge is -2.10. The molecule has 0 atom stereocenters. The quantitative estimate of drug-likeness (QED) is 0.451. The van der Waals surface area contributed by atoms with Crippen LogP contribution in [0.4, 0.5) is 13.2 Å². The minimum absolute atomic E-state index is 0. The molecule has 9 heteroatoms. The summed E-state index contributed by atoms with van der Waals surface area (Å²) in [6.07, 6.45) is 0.0138. The minimum atomic E-state index is -4.47. The van der Waals surface area contributed by atoms with Gasteiger partial charge in [0.2, 0.25) is 0 Å². The third kappa shape index (κ3) is 4.05. The van der Waals surface area contributed by atoms with Crippen molar-refractivity contribution in [2.75, 3.05) is 6.54 Å². The zero-order valence-electron chi connectivity index (χ0n) is 17.8. The van der Waals surface area contributed by atoms with E-state index in [-0.39, 0.29) is 29.2 Å². The number of fused-ring (bicyclic) bond motifs is 3. The number of hydrogen-bond acceptors (Lipinski definition) is 3. The van der Waals surface area contributed by atoms with E-state index in [2.05, 4.69) is 14.9 Å². The summed E-state index contributed by atoms with van der Waals surface area (Å²) in [5.74, 6) is 0. The van der Waals surface area contributed by atoms with E-state index in [1.165, 1.54) is 21.9 Å². The van der Waals surface area contributed by atoms with Gasteiger partial charge in [-0.1, -0.05) is 6.07 Å². The molecule has 5 rings (SSSR count). The van der Waals surface area contributed by atoms with Crippen molar-refractivity contribution in [1.29, 1.82) is 0 Å². The Balaban J connectivity index is 0.00000259. The van der Waals surface area contributed by atoms with Gasteiger partial charge < -0.3 is 9.88 Å². The van der Waals surface area contributed by atoms with Crippen LogP contribution in [0.3, 0.4) is 0 Å². The number of rotatable bonds is 2. The van der Waals surface area contributed by atoms with E-state index in [1.807, 2.05) is 25.2 Å². The maximum atomic E-state index is 13.2. The van der Waals surface area contributed by atoms with Gasteiger partial charge in [0.25, 0.3) is 5.56 Å². The molecule has 33 heavy (non-hydrogen) atoms. The van der Waals surface area contributed by atoms with E-state index in [0.717, 1.165) is 49.1 Å². The van der Waals surface area contributed by atoms with E-state index < -0.39 is 11.7 Å². The number of aryl methyl sites for hydroxylation is 1.